The predicted molar refractivity (Wildman–Crippen MR) is 83.1 cm³/mol. The maximum Gasteiger partial charge on any atom is 0.0652 e. The van der Waals surface area contributed by atoms with E-state index in [0.29, 0.717) is 21.9 Å². The number of fused-ring (bicyclic) bond motifs is 2. The molecule has 2 saturated carbocycles. The third kappa shape index (κ3) is 2.06. The Balaban J connectivity index is 1.90. The highest BCUT2D eigenvalue weighted by molar-refractivity contribution is 6.36. The molecule has 2 bridgehead atoms. The molecule has 0 amide bonds. The highest BCUT2D eigenvalue weighted by Crippen LogP contribution is 2.63. The van der Waals surface area contributed by atoms with Gasteiger partial charge < -0.3 is 5.32 Å². The molecular formula is C16H21Cl2N. The molecule has 0 radical (unpaired) electrons. The summed E-state index contributed by atoms with van der Waals surface area (Å²) in [5.41, 5.74) is 1.74. The number of nitrogens with one attached hydrogen (secondary N) is 1. The second-order valence-corrected chi connectivity index (χ2v) is 7.96. The number of halogens is 2. The van der Waals surface area contributed by atoms with Crippen LogP contribution in [0.3, 0.4) is 0 Å². The quantitative estimate of drug-likeness (QED) is 0.747. The van der Waals surface area contributed by atoms with Gasteiger partial charge >= 0.3 is 0 Å². The molecule has 0 saturated heterocycles. The van der Waals surface area contributed by atoms with Gasteiger partial charge in [0.05, 0.1) is 10.7 Å². The average molecular weight is 298 g/mol. The largest absolute Gasteiger partial charge is 0.380 e. The topological polar surface area (TPSA) is 12.0 Å². The van der Waals surface area contributed by atoms with E-state index in [1.165, 1.54) is 19.3 Å². The van der Waals surface area contributed by atoms with Gasteiger partial charge in [-0.25, -0.2) is 0 Å². The Labute approximate surface area is 125 Å². The van der Waals surface area contributed by atoms with Gasteiger partial charge in [-0.3, -0.25) is 0 Å². The van der Waals surface area contributed by atoms with Gasteiger partial charge in [-0.15, -0.1) is 0 Å². The first-order valence-corrected chi connectivity index (χ1v) is 7.80. The molecule has 1 aromatic carbocycles. The minimum absolute atomic E-state index is 0.329. The summed E-state index contributed by atoms with van der Waals surface area (Å²) in [4.78, 5) is 0. The maximum atomic E-state index is 6.30. The number of rotatable bonds is 2. The van der Waals surface area contributed by atoms with Crippen molar-refractivity contribution in [3.05, 3.63) is 28.2 Å². The van der Waals surface area contributed by atoms with Crippen LogP contribution < -0.4 is 5.32 Å². The lowest BCUT2D eigenvalue weighted by Crippen LogP contribution is -2.45. The van der Waals surface area contributed by atoms with Crippen LogP contribution in [0.5, 0.6) is 0 Å². The van der Waals surface area contributed by atoms with Crippen LogP contribution >= 0.6 is 23.2 Å². The molecule has 1 nitrogen and oxygen atoms in total. The Morgan fingerprint density at radius 2 is 1.95 bits per heavy atom. The first-order valence-electron chi connectivity index (χ1n) is 7.04. The van der Waals surface area contributed by atoms with E-state index < -0.39 is 0 Å². The maximum absolute atomic E-state index is 6.30. The lowest BCUT2D eigenvalue weighted by Gasteiger charge is -2.43. The van der Waals surface area contributed by atoms with Gasteiger partial charge in [-0.1, -0.05) is 44.0 Å². The Morgan fingerprint density at radius 3 is 2.53 bits per heavy atom. The van der Waals surface area contributed by atoms with Crippen molar-refractivity contribution < 1.29 is 0 Å². The van der Waals surface area contributed by atoms with Crippen molar-refractivity contribution in [3.63, 3.8) is 0 Å². The molecule has 1 aromatic rings. The first kappa shape index (κ1) is 13.6. The zero-order valence-electron chi connectivity index (χ0n) is 11.8. The minimum Gasteiger partial charge on any atom is -0.380 e. The summed E-state index contributed by atoms with van der Waals surface area (Å²) in [5.74, 6) is 0.834. The Morgan fingerprint density at radius 1 is 1.21 bits per heavy atom. The van der Waals surface area contributed by atoms with Crippen LogP contribution in [0.4, 0.5) is 5.69 Å². The van der Waals surface area contributed by atoms with Gasteiger partial charge in [-0.2, -0.15) is 0 Å². The smallest absolute Gasteiger partial charge is 0.0652 e. The molecule has 0 heterocycles. The van der Waals surface area contributed by atoms with Gasteiger partial charge in [0.1, 0.15) is 0 Å². The number of benzene rings is 1. The fraction of sp³-hybridized carbons (Fsp3) is 0.625. The summed E-state index contributed by atoms with van der Waals surface area (Å²) in [7, 11) is 0. The summed E-state index contributed by atoms with van der Waals surface area (Å²) in [6.45, 7) is 7.20. The molecule has 0 aromatic heterocycles. The summed E-state index contributed by atoms with van der Waals surface area (Å²) < 4.78 is 0. The predicted octanol–water partition coefficient (Wildman–Crippen LogP) is 5.62. The molecular weight excluding hydrogens is 277 g/mol. The zero-order chi connectivity index (χ0) is 13.8. The lowest BCUT2D eigenvalue weighted by atomic mass is 9.68. The van der Waals surface area contributed by atoms with Crippen LogP contribution in [-0.4, -0.2) is 6.04 Å². The molecule has 1 N–H and O–H groups in total. The van der Waals surface area contributed by atoms with Crippen LogP contribution in [0, 0.1) is 16.7 Å². The molecule has 3 rings (SSSR count). The molecule has 19 heavy (non-hydrogen) atoms. The number of anilines is 1. The number of hydrogen-bond acceptors (Lipinski definition) is 1. The van der Waals surface area contributed by atoms with Crippen LogP contribution in [0.15, 0.2) is 18.2 Å². The lowest BCUT2D eigenvalue weighted by molar-refractivity contribution is 0.155. The third-order valence-corrected chi connectivity index (χ3v) is 6.05. The Bertz CT molecular complexity index is 507. The monoisotopic (exact) mass is 297 g/mol. The van der Waals surface area contributed by atoms with E-state index in [1.807, 2.05) is 18.2 Å². The van der Waals surface area contributed by atoms with Crippen molar-refractivity contribution in [1.29, 1.82) is 0 Å². The van der Waals surface area contributed by atoms with E-state index >= 15 is 0 Å². The minimum atomic E-state index is 0.329. The Hall–Kier alpha value is -0.400. The van der Waals surface area contributed by atoms with Gasteiger partial charge in [-0.05, 0) is 54.2 Å². The Kier molecular flexibility index (Phi) is 3.07. The van der Waals surface area contributed by atoms with E-state index in [9.17, 15) is 0 Å². The summed E-state index contributed by atoms with van der Waals surface area (Å²) in [6.07, 6.45) is 4.03. The summed E-state index contributed by atoms with van der Waals surface area (Å²) >= 11 is 12.3. The van der Waals surface area contributed by atoms with Gasteiger partial charge in [0.2, 0.25) is 0 Å². The normalized spacial score (nSPS) is 35.6. The number of hydrogen-bond donors (Lipinski definition) is 1. The van der Waals surface area contributed by atoms with E-state index in [-0.39, 0.29) is 0 Å². The molecule has 3 atom stereocenters. The molecule has 2 fully saturated rings. The van der Waals surface area contributed by atoms with E-state index in [2.05, 4.69) is 26.1 Å². The second kappa shape index (κ2) is 4.30. The average Bonchev–Trinajstić information content (AvgIpc) is 2.78. The van der Waals surface area contributed by atoms with Gasteiger partial charge in [0.15, 0.2) is 0 Å². The van der Waals surface area contributed by atoms with Crippen molar-refractivity contribution in [3.8, 4) is 0 Å². The third-order valence-electron chi connectivity index (χ3n) is 5.50. The molecule has 2 aliphatic carbocycles. The van der Waals surface area contributed by atoms with Crippen molar-refractivity contribution in [1.82, 2.24) is 0 Å². The highest BCUT2D eigenvalue weighted by atomic mass is 35.5. The summed E-state index contributed by atoms with van der Waals surface area (Å²) in [5, 5.41) is 5.11. The summed E-state index contributed by atoms with van der Waals surface area (Å²) in [6, 6.07) is 6.19. The zero-order valence-corrected chi connectivity index (χ0v) is 13.3. The molecule has 0 aliphatic heterocycles. The fourth-order valence-electron chi connectivity index (χ4n) is 4.42. The molecule has 2 aliphatic rings. The molecule has 104 valence electrons. The van der Waals surface area contributed by atoms with Gasteiger partial charge in [0.25, 0.3) is 0 Å². The van der Waals surface area contributed by atoms with Crippen LogP contribution in [-0.2, 0) is 0 Å². The fourth-order valence-corrected chi connectivity index (χ4v) is 4.89. The highest BCUT2D eigenvalue weighted by Gasteiger charge is 2.59. The van der Waals surface area contributed by atoms with Crippen LogP contribution in [0.1, 0.15) is 40.0 Å². The molecule has 3 heteroatoms. The van der Waals surface area contributed by atoms with Crippen molar-refractivity contribution in [2.24, 2.45) is 16.7 Å². The standard InChI is InChI=1S/C16H21Cl2N/c1-15(2)10-6-7-16(3,9-10)14(15)19-13-5-4-11(17)8-12(13)18/h4-5,8,10,14,19H,6-7,9H2,1-3H3/t10-,14?,16+/m0/s1. The van der Waals surface area contributed by atoms with E-state index in [0.717, 1.165) is 16.6 Å². The van der Waals surface area contributed by atoms with Gasteiger partial charge in [0, 0.05) is 11.1 Å². The van der Waals surface area contributed by atoms with Crippen LogP contribution in [0.2, 0.25) is 10.0 Å². The molecule has 1 unspecified atom stereocenters. The van der Waals surface area contributed by atoms with E-state index in [1.54, 1.807) is 0 Å². The second-order valence-electron chi connectivity index (χ2n) is 7.12. The van der Waals surface area contributed by atoms with E-state index in [4.69, 9.17) is 23.2 Å². The van der Waals surface area contributed by atoms with Crippen molar-refractivity contribution in [2.75, 3.05) is 5.32 Å². The SMILES string of the molecule is CC1(C)C(Nc2ccc(Cl)cc2Cl)[C@]2(C)CC[C@H]1C2. The van der Waals surface area contributed by atoms with Crippen LogP contribution in [0.25, 0.3) is 0 Å². The first-order chi connectivity index (χ1) is 8.83. The molecule has 0 spiro atoms. The van der Waals surface area contributed by atoms with Crippen molar-refractivity contribution >= 4 is 28.9 Å². The van der Waals surface area contributed by atoms with Crippen molar-refractivity contribution in [2.45, 2.75) is 46.1 Å².